The average Bonchev–Trinajstić information content (AvgIpc) is 2.54. The lowest BCUT2D eigenvalue weighted by Gasteiger charge is -2.21. The van der Waals surface area contributed by atoms with Crippen LogP contribution in [0.3, 0.4) is 0 Å². The predicted molar refractivity (Wildman–Crippen MR) is 96.6 cm³/mol. The Kier molecular flexibility index (Phi) is 5.79. The molecule has 1 amide bonds. The first-order valence-electron chi connectivity index (χ1n) is 8.03. The zero-order valence-corrected chi connectivity index (χ0v) is 14.7. The van der Waals surface area contributed by atoms with Crippen LogP contribution in [0, 0.1) is 0 Å². The van der Waals surface area contributed by atoms with Gasteiger partial charge in [-0.15, -0.1) is 0 Å². The number of anilines is 1. The third kappa shape index (κ3) is 5.57. The normalized spacial score (nSPS) is 11.0. The van der Waals surface area contributed by atoms with Gasteiger partial charge in [0.05, 0.1) is 12.7 Å². The molecule has 0 aliphatic heterocycles. The van der Waals surface area contributed by atoms with Crippen LogP contribution in [0.2, 0.25) is 0 Å². The molecule has 2 rings (SSSR count). The molecule has 128 valence electrons. The minimum atomic E-state index is -0.118. The number of carbonyl (C=O) groups is 1. The molecule has 24 heavy (non-hydrogen) atoms. The second kappa shape index (κ2) is 7.81. The molecule has 2 aromatic rings. The highest BCUT2D eigenvalue weighted by molar-refractivity contribution is 5.94. The van der Waals surface area contributed by atoms with E-state index in [-0.39, 0.29) is 11.4 Å². The molecule has 0 fully saturated rings. The van der Waals surface area contributed by atoms with Crippen LogP contribution in [0.5, 0.6) is 5.75 Å². The summed E-state index contributed by atoms with van der Waals surface area (Å²) in [5.41, 5.74) is 1.62. The average molecular weight is 327 g/mol. The van der Waals surface area contributed by atoms with Gasteiger partial charge in [-0.25, -0.2) is 4.98 Å². The van der Waals surface area contributed by atoms with E-state index in [1.165, 1.54) is 0 Å². The number of carbonyl (C=O) groups excluding carboxylic acids is 1. The minimum Gasteiger partial charge on any atom is -0.497 e. The lowest BCUT2D eigenvalue weighted by Crippen LogP contribution is -2.27. The number of amides is 1. The summed E-state index contributed by atoms with van der Waals surface area (Å²) in [7, 11) is 1.64. The predicted octanol–water partition coefficient (Wildman–Crippen LogP) is 3.27. The Balaban J connectivity index is 1.86. The van der Waals surface area contributed by atoms with Gasteiger partial charge >= 0.3 is 0 Å². The molecule has 1 aromatic heterocycles. The van der Waals surface area contributed by atoms with Crippen LogP contribution in [0.15, 0.2) is 42.6 Å². The number of methoxy groups -OCH3 is 1. The zero-order valence-electron chi connectivity index (χ0n) is 14.7. The summed E-state index contributed by atoms with van der Waals surface area (Å²) in [5.74, 6) is 1.47. The highest BCUT2D eigenvalue weighted by atomic mass is 16.5. The van der Waals surface area contributed by atoms with E-state index in [9.17, 15) is 4.79 Å². The fourth-order valence-corrected chi connectivity index (χ4v) is 2.24. The molecule has 1 aromatic carbocycles. The molecule has 5 heteroatoms. The van der Waals surface area contributed by atoms with Crippen molar-refractivity contribution in [3.05, 3.63) is 53.7 Å². The number of benzene rings is 1. The van der Waals surface area contributed by atoms with E-state index >= 15 is 0 Å². The molecule has 1 heterocycles. The maximum Gasteiger partial charge on any atom is 0.252 e. The maximum atomic E-state index is 12.2. The number of nitrogens with zero attached hydrogens (tertiary/aromatic N) is 1. The lowest BCUT2D eigenvalue weighted by atomic mass is 10.1. The maximum absolute atomic E-state index is 12.2. The monoisotopic (exact) mass is 327 g/mol. The standard InChI is InChI=1S/C19H25N3O2/c1-19(2,3)22-17-9-8-15(13-21-17)18(23)20-11-10-14-6-5-7-16(12-14)24-4/h5-9,12-13H,10-11H2,1-4H3,(H,20,23)(H,21,22). The summed E-state index contributed by atoms with van der Waals surface area (Å²) < 4.78 is 5.20. The van der Waals surface area contributed by atoms with Crippen LogP contribution in [0.4, 0.5) is 5.82 Å². The largest absolute Gasteiger partial charge is 0.497 e. The van der Waals surface area contributed by atoms with Gasteiger partial charge in [-0.2, -0.15) is 0 Å². The summed E-state index contributed by atoms with van der Waals surface area (Å²) in [6, 6.07) is 11.4. The van der Waals surface area contributed by atoms with Crippen molar-refractivity contribution in [1.82, 2.24) is 10.3 Å². The van der Waals surface area contributed by atoms with Gasteiger partial charge < -0.3 is 15.4 Å². The van der Waals surface area contributed by atoms with Crippen LogP contribution in [0.1, 0.15) is 36.7 Å². The number of hydrogen-bond acceptors (Lipinski definition) is 4. The fraction of sp³-hybridized carbons (Fsp3) is 0.368. The first kappa shape index (κ1) is 17.8. The van der Waals surface area contributed by atoms with Crippen molar-refractivity contribution in [3.63, 3.8) is 0 Å². The van der Waals surface area contributed by atoms with E-state index in [0.29, 0.717) is 12.1 Å². The molecule has 0 spiro atoms. The second-order valence-electron chi connectivity index (χ2n) is 6.66. The number of ether oxygens (including phenoxy) is 1. The first-order valence-corrected chi connectivity index (χ1v) is 8.03. The minimum absolute atomic E-state index is 0.0620. The Morgan fingerprint density at radius 3 is 2.62 bits per heavy atom. The van der Waals surface area contributed by atoms with Gasteiger partial charge in [0.25, 0.3) is 5.91 Å². The summed E-state index contributed by atoms with van der Waals surface area (Å²) in [6.45, 7) is 6.75. The number of rotatable bonds is 6. The Morgan fingerprint density at radius 2 is 2.00 bits per heavy atom. The van der Waals surface area contributed by atoms with Crippen LogP contribution in [-0.2, 0) is 6.42 Å². The Labute approximate surface area is 143 Å². The van der Waals surface area contributed by atoms with Crippen LogP contribution >= 0.6 is 0 Å². The van der Waals surface area contributed by atoms with E-state index in [0.717, 1.165) is 23.6 Å². The van der Waals surface area contributed by atoms with Gasteiger partial charge in [0, 0.05) is 18.3 Å². The quantitative estimate of drug-likeness (QED) is 0.855. The molecular weight excluding hydrogens is 302 g/mol. The first-order chi connectivity index (χ1) is 11.4. The zero-order chi connectivity index (χ0) is 17.6. The van der Waals surface area contributed by atoms with Gasteiger partial charge in [-0.1, -0.05) is 12.1 Å². The fourth-order valence-electron chi connectivity index (χ4n) is 2.24. The third-order valence-corrected chi connectivity index (χ3v) is 3.36. The summed E-state index contributed by atoms with van der Waals surface area (Å²) in [4.78, 5) is 16.4. The smallest absolute Gasteiger partial charge is 0.252 e. The number of hydrogen-bond donors (Lipinski definition) is 2. The Morgan fingerprint density at radius 1 is 1.21 bits per heavy atom. The number of pyridine rings is 1. The third-order valence-electron chi connectivity index (χ3n) is 3.36. The molecule has 2 N–H and O–H groups in total. The van der Waals surface area contributed by atoms with Crippen molar-refractivity contribution >= 4 is 11.7 Å². The van der Waals surface area contributed by atoms with E-state index in [4.69, 9.17) is 4.74 Å². The van der Waals surface area contributed by atoms with Gasteiger partial charge in [0.2, 0.25) is 0 Å². The van der Waals surface area contributed by atoms with Crippen molar-refractivity contribution in [2.24, 2.45) is 0 Å². The molecule has 0 bridgehead atoms. The summed E-state index contributed by atoms with van der Waals surface area (Å²) in [6.07, 6.45) is 2.34. The van der Waals surface area contributed by atoms with Gasteiger partial charge in [-0.05, 0) is 57.0 Å². The molecule has 0 atom stereocenters. The van der Waals surface area contributed by atoms with Crippen molar-refractivity contribution in [2.75, 3.05) is 19.0 Å². The van der Waals surface area contributed by atoms with E-state index in [1.54, 1.807) is 19.4 Å². The van der Waals surface area contributed by atoms with Crippen LogP contribution < -0.4 is 15.4 Å². The SMILES string of the molecule is COc1cccc(CCNC(=O)c2ccc(NC(C)(C)C)nc2)c1. The van der Waals surface area contributed by atoms with Crippen LogP contribution in [0.25, 0.3) is 0 Å². The Bertz CT molecular complexity index is 676. The molecular formula is C19H25N3O2. The molecule has 0 aliphatic rings. The van der Waals surface area contributed by atoms with Crippen LogP contribution in [-0.4, -0.2) is 30.1 Å². The van der Waals surface area contributed by atoms with Crippen molar-refractivity contribution in [3.8, 4) is 5.75 Å². The highest BCUT2D eigenvalue weighted by Crippen LogP contribution is 2.13. The van der Waals surface area contributed by atoms with E-state index in [1.807, 2.05) is 30.3 Å². The van der Waals surface area contributed by atoms with E-state index in [2.05, 4.69) is 36.4 Å². The molecule has 0 aliphatic carbocycles. The van der Waals surface area contributed by atoms with Crippen molar-refractivity contribution in [2.45, 2.75) is 32.7 Å². The molecule has 0 unspecified atom stereocenters. The Hall–Kier alpha value is -2.56. The van der Waals surface area contributed by atoms with Gasteiger partial charge in [0.1, 0.15) is 11.6 Å². The topological polar surface area (TPSA) is 63.2 Å². The van der Waals surface area contributed by atoms with Gasteiger partial charge in [-0.3, -0.25) is 4.79 Å². The second-order valence-corrected chi connectivity index (χ2v) is 6.66. The van der Waals surface area contributed by atoms with Crippen molar-refractivity contribution in [1.29, 1.82) is 0 Å². The van der Waals surface area contributed by atoms with Gasteiger partial charge in [0.15, 0.2) is 0 Å². The summed E-state index contributed by atoms with van der Waals surface area (Å²) in [5, 5.41) is 6.18. The number of aromatic nitrogens is 1. The van der Waals surface area contributed by atoms with Crippen molar-refractivity contribution < 1.29 is 9.53 Å². The van der Waals surface area contributed by atoms with E-state index < -0.39 is 0 Å². The molecule has 5 nitrogen and oxygen atoms in total. The molecule has 0 radical (unpaired) electrons. The highest BCUT2D eigenvalue weighted by Gasteiger charge is 2.11. The molecule has 0 saturated heterocycles. The lowest BCUT2D eigenvalue weighted by molar-refractivity contribution is 0.0954. The molecule has 0 saturated carbocycles. The number of nitrogens with one attached hydrogen (secondary N) is 2. The summed E-state index contributed by atoms with van der Waals surface area (Å²) >= 11 is 0.